The highest BCUT2D eigenvalue weighted by molar-refractivity contribution is 5.75. The summed E-state index contributed by atoms with van der Waals surface area (Å²) in [7, 11) is 1.90. The molecule has 0 aromatic heterocycles. The molecule has 0 spiro atoms. The molecule has 0 aliphatic carbocycles. The summed E-state index contributed by atoms with van der Waals surface area (Å²) in [4.78, 5) is 13.5. The lowest BCUT2D eigenvalue weighted by Gasteiger charge is -2.31. The lowest BCUT2D eigenvalue weighted by atomic mass is 9.97. The fourth-order valence-corrected chi connectivity index (χ4v) is 2.78. The van der Waals surface area contributed by atoms with Gasteiger partial charge in [-0.25, -0.2) is 0 Å². The molecule has 1 unspecified atom stereocenters. The fraction of sp³-hybridized carbons (Fsp3) is 0.562. The number of rotatable bonds is 5. The van der Waals surface area contributed by atoms with Crippen LogP contribution in [0.25, 0.3) is 0 Å². The molecule has 1 saturated heterocycles. The Labute approximate surface area is 120 Å². The van der Waals surface area contributed by atoms with Crippen molar-refractivity contribution >= 4 is 5.97 Å². The highest BCUT2D eigenvalue weighted by atomic mass is 16.5. The Bertz CT molecular complexity index is 438. The number of benzene rings is 1. The molecule has 0 bridgehead atoms. The molecular weight excluding hydrogens is 254 g/mol. The topological polar surface area (TPSA) is 49.8 Å². The maximum absolute atomic E-state index is 11.6. The van der Waals surface area contributed by atoms with Crippen LogP contribution in [0.1, 0.15) is 30.0 Å². The van der Waals surface area contributed by atoms with Gasteiger partial charge in [-0.3, -0.25) is 9.69 Å². The molecule has 0 amide bonds. The quantitative estimate of drug-likeness (QED) is 0.898. The maximum atomic E-state index is 11.6. The minimum Gasteiger partial charge on any atom is -0.480 e. The summed E-state index contributed by atoms with van der Waals surface area (Å²) < 4.78 is 5.35. The summed E-state index contributed by atoms with van der Waals surface area (Å²) in [5.74, 6) is -0.260. The van der Waals surface area contributed by atoms with Crippen molar-refractivity contribution < 1.29 is 14.6 Å². The molecule has 1 aromatic rings. The molecule has 1 N–H and O–H groups in total. The lowest BCUT2D eigenvalue weighted by molar-refractivity contribution is -0.143. The SMILES string of the molecule is Cc1ccc(C(C(=O)O)N(C)CC2CCOCC2)cc1. The molecule has 4 heteroatoms. The number of nitrogens with zero attached hydrogens (tertiary/aromatic N) is 1. The zero-order valence-corrected chi connectivity index (χ0v) is 12.2. The summed E-state index contributed by atoms with van der Waals surface area (Å²) in [6.07, 6.45) is 2.04. The van der Waals surface area contributed by atoms with E-state index in [9.17, 15) is 9.90 Å². The second-order valence-electron chi connectivity index (χ2n) is 5.65. The maximum Gasteiger partial charge on any atom is 0.325 e. The molecule has 1 heterocycles. The number of aliphatic carboxylic acids is 1. The van der Waals surface area contributed by atoms with Crippen LogP contribution in [0.2, 0.25) is 0 Å². The second-order valence-corrected chi connectivity index (χ2v) is 5.65. The first-order chi connectivity index (χ1) is 9.58. The molecular formula is C16H23NO3. The molecule has 0 radical (unpaired) electrons. The van der Waals surface area contributed by atoms with Gasteiger partial charge < -0.3 is 9.84 Å². The standard InChI is InChI=1S/C16H23NO3/c1-12-3-5-14(6-4-12)15(16(18)19)17(2)11-13-7-9-20-10-8-13/h3-6,13,15H,7-11H2,1-2H3,(H,18,19). The Morgan fingerprint density at radius 1 is 1.35 bits per heavy atom. The molecule has 0 saturated carbocycles. The third-order valence-electron chi connectivity index (χ3n) is 3.95. The van der Waals surface area contributed by atoms with Crippen LogP contribution in [-0.2, 0) is 9.53 Å². The Balaban J connectivity index is 2.07. The monoisotopic (exact) mass is 277 g/mol. The van der Waals surface area contributed by atoms with Gasteiger partial charge in [-0.2, -0.15) is 0 Å². The van der Waals surface area contributed by atoms with Crippen molar-refractivity contribution in [2.45, 2.75) is 25.8 Å². The van der Waals surface area contributed by atoms with Gasteiger partial charge in [0, 0.05) is 19.8 Å². The van der Waals surface area contributed by atoms with E-state index in [-0.39, 0.29) is 0 Å². The first kappa shape index (κ1) is 15.0. The van der Waals surface area contributed by atoms with Crippen molar-refractivity contribution in [3.05, 3.63) is 35.4 Å². The van der Waals surface area contributed by atoms with Crippen LogP contribution in [0.4, 0.5) is 0 Å². The van der Waals surface area contributed by atoms with Crippen LogP contribution in [-0.4, -0.2) is 42.8 Å². The summed E-state index contributed by atoms with van der Waals surface area (Å²) >= 11 is 0. The van der Waals surface area contributed by atoms with E-state index in [1.165, 1.54) is 0 Å². The number of hydrogen-bond donors (Lipinski definition) is 1. The molecule has 1 aliphatic heterocycles. The van der Waals surface area contributed by atoms with Crippen molar-refractivity contribution in [2.75, 3.05) is 26.8 Å². The average Bonchev–Trinajstić information content (AvgIpc) is 2.42. The normalized spacial score (nSPS) is 18.1. The highest BCUT2D eigenvalue weighted by Gasteiger charge is 2.27. The predicted octanol–water partition coefficient (Wildman–Crippen LogP) is 2.48. The van der Waals surface area contributed by atoms with E-state index in [0.717, 1.165) is 43.7 Å². The number of hydrogen-bond acceptors (Lipinski definition) is 3. The molecule has 4 nitrogen and oxygen atoms in total. The van der Waals surface area contributed by atoms with Crippen LogP contribution in [0, 0.1) is 12.8 Å². The van der Waals surface area contributed by atoms with Gasteiger partial charge in [-0.15, -0.1) is 0 Å². The van der Waals surface area contributed by atoms with Gasteiger partial charge in [0.1, 0.15) is 6.04 Å². The minimum absolute atomic E-state index is 0.529. The first-order valence-corrected chi connectivity index (χ1v) is 7.15. The Kier molecular flexibility index (Phi) is 5.15. The third kappa shape index (κ3) is 3.81. The molecule has 20 heavy (non-hydrogen) atoms. The molecule has 1 aliphatic rings. The first-order valence-electron chi connectivity index (χ1n) is 7.15. The number of likely N-dealkylation sites (N-methyl/N-ethyl adjacent to an activating group) is 1. The van der Waals surface area contributed by atoms with E-state index >= 15 is 0 Å². The van der Waals surface area contributed by atoms with Gasteiger partial charge in [-0.1, -0.05) is 29.8 Å². The van der Waals surface area contributed by atoms with Gasteiger partial charge >= 0.3 is 5.97 Å². The van der Waals surface area contributed by atoms with E-state index in [2.05, 4.69) is 0 Å². The Morgan fingerprint density at radius 2 is 1.95 bits per heavy atom. The number of carboxylic acids is 1. The molecule has 1 aromatic carbocycles. The highest BCUT2D eigenvalue weighted by Crippen LogP contribution is 2.24. The van der Waals surface area contributed by atoms with Crippen molar-refractivity contribution in [3.8, 4) is 0 Å². The third-order valence-corrected chi connectivity index (χ3v) is 3.95. The number of carbonyl (C=O) groups is 1. The van der Waals surface area contributed by atoms with Gasteiger partial charge in [0.25, 0.3) is 0 Å². The largest absolute Gasteiger partial charge is 0.480 e. The van der Waals surface area contributed by atoms with Crippen LogP contribution in [0.3, 0.4) is 0 Å². The lowest BCUT2D eigenvalue weighted by Crippen LogP contribution is -2.36. The minimum atomic E-state index is -0.789. The summed E-state index contributed by atoms with van der Waals surface area (Å²) in [6.45, 7) is 4.39. The van der Waals surface area contributed by atoms with Crippen molar-refractivity contribution in [3.63, 3.8) is 0 Å². The predicted molar refractivity (Wildman–Crippen MR) is 77.7 cm³/mol. The molecule has 110 valence electrons. The van der Waals surface area contributed by atoms with Crippen LogP contribution in [0.5, 0.6) is 0 Å². The van der Waals surface area contributed by atoms with Crippen LogP contribution >= 0.6 is 0 Å². The summed E-state index contributed by atoms with van der Waals surface area (Å²) in [5, 5.41) is 9.53. The van der Waals surface area contributed by atoms with Gasteiger partial charge in [-0.05, 0) is 38.3 Å². The van der Waals surface area contributed by atoms with Gasteiger partial charge in [0.05, 0.1) is 0 Å². The van der Waals surface area contributed by atoms with Crippen LogP contribution < -0.4 is 0 Å². The van der Waals surface area contributed by atoms with E-state index in [1.807, 2.05) is 43.1 Å². The fourth-order valence-electron chi connectivity index (χ4n) is 2.78. The average molecular weight is 277 g/mol. The summed E-state index contributed by atoms with van der Waals surface area (Å²) in [5.41, 5.74) is 1.99. The molecule has 1 fully saturated rings. The van der Waals surface area contributed by atoms with Crippen molar-refractivity contribution in [1.82, 2.24) is 4.90 Å². The van der Waals surface area contributed by atoms with E-state index < -0.39 is 12.0 Å². The summed E-state index contributed by atoms with van der Waals surface area (Å²) in [6, 6.07) is 7.18. The van der Waals surface area contributed by atoms with Crippen LogP contribution in [0.15, 0.2) is 24.3 Å². The van der Waals surface area contributed by atoms with Gasteiger partial charge in [0.15, 0.2) is 0 Å². The van der Waals surface area contributed by atoms with E-state index in [4.69, 9.17) is 4.74 Å². The second kappa shape index (κ2) is 6.86. The zero-order chi connectivity index (χ0) is 14.5. The zero-order valence-electron chi connectivity index (χ0n) is 12.2. The number of ether oxygens (including phenoxy) is 1. The van der Waals surface area contributed by atoms with E-state index in [0.29, 0.717) is 5.92 Å². The van der Waals surface area contributed by atoms with Crippen molar-refractivity contribution in [1.29, 1.82) is 0 Å². The Hall–Kier alpha value is -1.39. The smallest absolute Gasteiger partial charge is 0.325 e. The Morgan fingerprint density at radius 3 is 2.50 bits per heavy atom. The van der Waals surface area contributed by atoms with Crippen molar-refractivity contribution in [2.24, 2.45) is 5.92 Å². The van der Waals surface area contributed by atoms with E-state index in [1.54, 1.807) is 0 Å². The number of carboxylic acid groups (broad SMARTS) is 1. The number of aryl methyl sites for hydroxylation is 1. The van der Waals surface area contributed by atoms with Gasteiger partial charge in [0.2, 0.25) is 0 Å². The molecule has 1 atom stereocenters. The molecule has 2 rings (SSSR count).